The van der Waals surface area contributed by atoms with Crippen LogP contribution in [0.4, 0.5) is 0 Å². The molecule has 0 aromatic heterocycles. The van der Waals surface area contributed by atoms with Crippen LogP contribution in [-0.2, 0) is 37.0 Å². The van der Waals surface area contributed by atoms with E-state index in [2.05, 4.69) is 55.0 Å². The number of nitrogens with two attached hydrogens (primary N) is 1. The Bertz CT molecular complexity index is 865. The maximum Gasteiger partial charge on any atom is 0.0825 e. The first-order valence-corrected chi connectivity index (χ1v) is 14.1. The van der Waals surface area contributed by atoms with E-state index < -0.39 is 0 Å². The normalized spacial score (nSPS) is 15.9. The summed E-state index contributed by atoms with van der Waals surface area (Å²) in [5.74, 6) is 0. The van der Waals surface area contributed by atoms with Crippen molar-refractivity contribution in [2.24, 2.45) is 5.73 Å². The maximum absolute atomic E-state index is 5.25. The summed E-state index contributed by atoms with van der Waals surface area (Å²) in [6.45, 7) is 14.6. The van der Waals surface area contributed by atoms with E-state index in [-0.39, 0.29) is 0 Å². The van der Waals surface area contributed by atoms with Crippen molar-refractivity contribution in [1.82, 2.24) is 4.90 Å². The van der Waals surface area contributed by atoms with Crippen LogP contribution in [0, 0.1) is 6.92 Å². The van der Waals surface area contributed by atoms with Gasteiger partial charge in [-0.15, -0.1) is 11.8 Å². The monoisotopic (exact) mass is 482 g/mol. The number of nitrogens with zero attached hydrogens (tertiary/aromatic N) is 1. The van der Waals surface area contributed by atoms with Gasteiger partial charge in [0.15, 0.2) is 0 Å². The smallest absolute Gasteiger partial charge is 0.0825 e. The van der Waals surface area contributed by atoms with Crippen LogP contribution in [0.25, 0.3) is 0 Å². The molecular formula is C30H46N2OS. The molecule has 0 atom stereocenters. The van der Waals surface area contributed by atoms with Gasteiger partial charge in [0.2, 0.25) is 0 Å². The van der Waals surface area contributed by atoms with Crippen LogP contribution >= 0.6 is 11.8 Å². The van der Waals surface area contributed by atoms with Crippen LogP contribution in [0.1, 0.15) is 67.0 Å². The molecule has 0 radical (unpaired) electrons. The van der Waals surface area contributed by atoms with Gasteiger partial charge in [-0.25, -0.2) is 0 Å². The number of thioether (sulfide) groups is 1. The number of rotatable bonds is 4. The molecule has 1 fully saturated rings. The third-order valence-corrected chi connectivity index (χ3v) is 7.34. The lowest BCUT2D eigenvalue weighted by molar-refractivity contribution is -0.0334. The summed E-state index contributed by atoms with van der Waals surface area (Å²) in [5.41, 5.74) is 15.3. The molecule has 0 unspecified atom stereocenters. The molecule has 1 saturated heterocycles. The highest BCUT2D eigenvalue weighted by atomic mass is 32.2. The first-order valence-electron chi connectivity index (χ1n) is 12.8. The number of hydrogen-bond donors (Lipinski definition) is 1. The zero-order valence-corrected chi connectivity index (χ0v) is 23.2. The van der Waals surface area contributed by atoms with Crippen molar-refractivity contribution in [2.45, 2.75) is 83.8 Å². The number of fused-ring (bicyclic) bond motifs is 2. The fraction of sp³-hybridized carbons (Fsp3) is 0.533. The molecule has 34 heavy (non-hydrogen) atoms. The Balaban J connectivity index is 0.000000197. The van der Waals surface area contributed by atoms with E-state index in [9.17, 15) is 0 Å². The van der Waals surface area contributed by atoms with E-state index in [4.69, 9.17) is 10.5 Å². The molecule has 3 nitrogen and oxygen atoms in total. The fourth-order valence-corrected chi connectivity index (χ4v) is 5.30. The molecule has 2 aliphatic carbocycles. The lowest BCUT2D eigenvalue weighted by atomic mass is 9.95. The lowest BCUT2D eigenvalue weighted by Gasteiger charge is -2.38. The first-order chi connectivity index (χ1) is 16.4. The summed E-state index contributed by atoms with van der Waals surface area (Å²) in [5, 5.41) is 0. The largest absolute Gasteiger partial charge is 0.403 e. The third kappa shape index (κ3) is 8.18. The topological polar surface area (TPSA) is 38.5 Å². The second kappa shape index (κ2) is 14.6. The van der Waals surface area contributed by atoms with Crippen molar-refractivity contribution in [1.29, 1.82) is 0 Å². The van der Waals surface area contributed by atoms with E-state index in [1.54, 1.807) is 53.6 Å². The van der Waals surface area contributed by atoms with E-state index in [0.29, 0.717) is 11.8 Å². The van der Waals surface area contributed by atoms with Gasteiger partial charge in [-0.05, 0) is 110 Å². The van der Waals surface area contributed by atoms with Crippen molar-refractivity contribution in [3.05, 3.63) is 76.0 Å². The van der Waals surface area contributed by atoms with Crippen LogP contribution in [0.5, 0.6) is 0 Å². The van der Waals surface area contributed by atoms with Crippen LogP contribution in [-0.4, -0.2) is 37.5 Å². The Morgan fingerprint density at radius 2 is 1.53 bits per heavy atom. The second-order valence-electron chi connectivity index (χ2n) is 9.23. The highest BCUT2D eigenvalue weighted by molar-refractivity contribution is 7.98. The van der Waals surface area contributed by atoms with Crippen molar-refractivity contribution in [3.63, 3.8) is 0 Å². The number of allylic oxidation sites excluding steroid dienone is 1. The number of likely N-dealkylation sites (tertiary alicyclic amines) is 1. The molecule has 2 aromatic carbocycles. The van der Waals surface area contributed by atoms with Gasteiger partial charge in [0, 0.05) is 31.6 Å². The minimum absolute atomic E-state index is 0.454. The molecule has 3 aliphatic rings. The minimum atomic E-state index is 0.454. The fourth-order valence-electron chi connectivity index (χ4n) is 4.89. The lowest BCUT2D eigenvalue weighted by Crippen LogP contribution is -2.50. The SMILES string of the molecule is C=C(C)N.CC.COC1CN(Cc2ccc(SC)cc2)C1.Cc1c2c(cc3c1CCC3)CCC2. The van der Waals surface area contributed by atoms with Gasteiger partial charge in [0.25, 0.3) is 0 Å². The Labute approximate surface area is 213 Å². The van der Waals surface area contributed by atoms with Crippen molar-refractivity contribution < 1.29 is 4.74 Å². The molecule has 0 spiro atoms. The summed E-state index contributed by atoms with van der Waals surface area (Å²) in [6, 6.07) is 11.3. The van der Waals surface area contributed by atoms with Crippen molar-refractivity contribution in [2.75, 3.05) is 26.5 Å². The van der Waals surface area contributed by atoms with Gasteiger partial charge < -0.3 is 10.5 Å². The molecule has 0 bridgehead atoms. The predicted molar refractivity (Wildman–Crippen MR) is 150 cm³/mol. The van der Waals surface area contributed by atoms with E-state index in [0.717, 1.165) is 19.6 Å². The molecular weight excluding hydrogens is 436 g/mol. The zero-order valence-electron chi connectivity index (χ0n) is 22.4. The number of ether oxygens (including phenoxy) is 1. The first kappa shape index (κ1) is 28.5. The summed E-state index contributed by atoms with van der Waals surface area (Å²) >= 11 is 1.79. The van der Waals surface area contributed by atoms with Crippen LogP contribution < -0.4 is 5.73 Å². The van der Waals surface area contributed by atoms with Crippen LogP contribution in [0.15, 0.2) is 47.5 Å². The quantitative estimate of drug-likeness (QED) is 0.491. The summed E-state index contributed by atoms with van der Waals surface area (Å²) in [7, 11) is 1.79. The van der Waals surface area contributed by atoms with E-state index in [1.165, 1.54) is 49.0 Å². The Morgan fingerprint density at radius 3 is 1.97 bits per heavy atom. The van der Waals surface area contributed by atoms with E-state index in [1.807, 2.05) is 13.8 Å². The molecule has 188 valence electrons. The van der Waals surface area contributed by atoms with Gasteiger partial charge in [-0.2, -0.15) is 0 Å². The van der Waals surface area contributed by atoms with Gasteiger partial charge in [0.05, 0.1) is 6.10 Å². The van der Waals surface area contributed by atoms with Crippen LogP contribution in [0.3, 0.4) is 0 Å². The second-order valence-corrected chi connectivity index (χ2v) is 10.1. The predicted octanol–water partition coefficient (Wildman–Crippen LogP) is 6.72. The standard InChI is InChI=1S/C13H16.C12H17NOS.C3H7N.C2H6/c1-9-12-6-2-4-10(12)8-11-5-3-7-13(9)11;1-14-11-8-13(9-11)7-10-3-5-12(15-2)6-4-10;1-3(2)4;1-2/h8H,2-7H2,1H3;3-6,11H,7-9H2,1-2H3;1,4H2,2H3;1-2H3. The Kier molecular flexibility index (Phi) is 12.2. The summed E-state index contributed by atoms with van der Waals surface area (Å²) in [6.07, 6.45) is 10.7. The molecule has 4 heteroatoms. The van der Waals surface area contributed by atoms with Crippen LogP contribution in [0.2, 0.25) is 0 Å². The summed E-state index contributed by atoms with van der Waals surface area (Å²) in [4.78, 5) is 3.74. The molecule has 2 N–H and O–H groups in total. The average Bonchev–Trinajstić information content (AvgIpc) is 3.48. The number of methoxy groups -OCH3 is 1. The van der Waals surface area contributed by atoms with Crippen molar-refractivity contribution >= 4 is 11.8 Å². The molecule has 1 aliphatic heterocycles. The molecule has 0 saturated carbocycles. The number of aryl methyl sites for hydroxylation is 2. The molecule has 5 rings (SSSR count). The van der Waals surface area contributed by atoms with Gasteiger partial charge in [0.1, 0.15) is 0 Å². The molecule has 2 aromatic rings. The summed E-state index contributed by atoms with van der Waals surface area (Å²) < 4.78 is 5.25. The Morgan fingerprint density at radius 1 is 1.03 bits per heavy atom. The minimum Gasteiger partial charge on any atom is -0.403 e. The average molecular weight is 483 g/mol. The van der Waals surface area contributed by atoms with E-state index >= 15 is 0 Å². The highest BCUT2D eigenvalue weighted by Gasteiger charge is 2.25. The molecule has 1 heterocycles. The van der Waals surface area contributed by atoms with Gasteiger partial charge in [-0.1, -0.05) is 38.6 Å². The number of benzene rings is 2. The molecule has 0 amide bonds. The zero-order chi connectivity index (χ0) is 25.1. The third-order valence-electron chi connectivity index (χ3n) is 6.60. The van der Waals surface area contributed by atoms with Crippen molar-refractivity contribution in [3.8, 4) is 0 Å². The number of hydrogen-bond acceptors (Lipinski definition) is 4. The highest BCUT2D eigenvalue weighted by Crippen LogP contribution is 2.34. The van der Waals surface area contributed by atoms with Gasteiger partial charge >= 0.3 is 0 Å². The maximum atomic E-state index is 5.25. The van der Waals surface area contributed by atoms with Gasteiger partial charge in [-0.3, -0.25) is 4.90 Å². The Hall–Kier alpha value is -1.75.